The molecule has 1 aliphatic carbocycles. The van der Waals surface area contributed by atoms with Crippen LogP contribution in [0, 0.1) is 5.92 Å². The van der Waals surface area contributed by atoms with E-state index in [9.17, 15) is 19.5 Å². The Bertz CT molecular complexity index is 1050. The topological polar surface area (TPSA) is 114 Å². The van der Waals surface area contributed by atoms with Gasteiger partial charge in [-0.25, -0.2) is 9.59 Å². The van der Waals surface area contributed by atoms with Crippen LogP contribution in [-0.2, 0) is 19.1 Å². The predicted molar refractivity (Wildman–Crippen MR) is 130 cm³/mol. The normalized spacial score (nSPS) is 17.2. The molecule has 2 aliphatic rings. The minimum atomic E-state index is -1.08. The summed E-state index contributed by atoms with van der Waals surface area (Å²) in [7, 11) is 0. The number of nitrogens with one attached hydrogen (secondary N) is 2. The molecule has 2 aromatic rings. The van der Waals surface area contributed by atoms with E-state index in [1.54, 1.807) is 13.8 Å². The van der Waals surface area contributed by atoms with Gasteiger partial charge in [0.05, 0.1) is 12.0 Å². The van der Waals surface area contributed by atoms with Gasteiger partial charge in [0.15, 0.2) is 0 Å². The van der Waals surface area contributed by atoms with Crippen LogP contribution in [-0.4, -0.2) is 54.5 Å². The molecule has 186 valence electrons. The molecule has 35 heavy (non-hydrogen) atoms. The lowest BCUT2D eigenvalue weighted by Gasteiger charge is -2.37. The van der Waals surface area contributed by atoms with Crippen molar-refractivity contribution in [3.63, 3.8) is 0 Å². The van der Waals surface area contributed by atoms with Crippen molar-refractivity contribution in [3.8, 4) is 11.1 Å². The molecule has 1 unspecified atom stereocenters. The van der Waals surface area contributed by atoms with Gasteiger partial charge < -0.3 is 25.2 Å². The van der Waals surface area contributed by atoms with Gasteiger partial charge in [-0.05, 0) is 41.0 Å². The molecule has 1 heterocycles. The molecule has 4 rings (SSSR count). The third-order valence-corrected chi connectivity index (χ3v) is 6.91. The van der Waals surface area contributed by atoms with Crippen LogP contribution >= 0.6 is 0 Å². The summed E-state index contributed by atoms with van der Waals surface area (Å²) in [6, 6.07) is 15.2. The second-order valence-electron chi connectivity index (χ2n) is 9.65. The third kappa shape index (κ3) is 5.48. The maximum atomic E-state index is 12.9. The number of hydrogen-bond acceptors (Lipinski definition) is 5. The van der Waals surface area contributed by atoms with Crippen molar-refractivity contribution in [1.29, 1.82) is 0 Å². The number of rotatable bonds is 8. The van der Waals surface area contributed by atoms with E-state index in [-0.39, 0.29) is 24.9 Å². The summed E-state index contributed by atoms with van der Waals surface area (Å²) in [6.45, 7) is 4.43. The number of carboxylic acid groups (broad SMARTS) is 1. The highest BCUT2D eigenvalue weighted by molar-refractivity contribution is 5.85. The molecule has 8 nitrogen and oxygen atoms in total. The fraction of sp³-hybridized carbons (Fsp3) is 0.444. The second-order valence-corrected chi connectivity index (χ2v) is 9.65. The Balaban J connectivity index is 1.42. The van der Waals surface area contributed by atoms with E-state index in [2.05, 4.69) is 34.9 Å². The van der Waals surface area contributed by atoms with Crippen LogP contribution in [0.3, 0.4) is 0 Å². The molecule has 2 aromatic carbocycles. The number of fused-ring (bicyclic) bond motifs is 3. The molecular weight excluding hydrogens is 448 g/mol. The van der Waals surface area contributed by atoms with Crippen molar-refractivity contribution in [2.75, 3.05) is 19.8 Å². The molecule has 0 aromatic heterocycles. The molecule has 8 heteroatoms. The molecular formula is C27H32N2O6. The number of carboxylic acids is 1. The van der Waals surface area contributed by atoms with Gasteiger partial charge in [0.1, 0.15) is 12.6 Å². The molecule has 1 saturated heterocycles. The maximum absolute atomic E-state index is 12.9. The van der Waals surface area contributed by atoms with Gasteiger partial charge in [0, 0.05) is 19.1 Å². The number of amides is 2. The van der Waals surface area contributed by atoms with E-state index in [1.807, 2.05) is 24.3 Å². The molecule has 0 bridgehead atoms. The average Bonchev–Trinajstić information content (AvgIpc) is 3.15. The van der Waals surface area contributed by atoms with Crippen LogP contribution in [0.5, 0.6) is 0 Å². The van der Waals surface area contributed by atoms with E-state index < -0.39 is 29.6 Å². The smallest absolute Gasteiger partial charge is 0.407 e. The average molecular weight is 481 g/mol. The fourth-order valence-electron chi connectivity index (χ4n) is 5.00. The van der Waals surface area contributed by atoms with Crippen LogP contribution in [0.25, 0.3) is 11.1 Å². The van der Waals surface area contributed by atoms with E-state index in [4.69, 9.17) is 9.47 Å². The van der Waals surface area contributed by atoms with E-state index >= 15 is 0 Å². The molecule has 1 aliphatic heterocycles. The van der Waals surface area contributed by atoms with Crippen LogP contribution in [0.15, 0.2) is 48.5 Å². The molecule has 0 radical (unpaired) electrons. The zero-order valence-electron chi connectivity index (χ0n) is 20.1. The van der Waals surface area contributed by atoms with Gasteiger partial charge in [-0.2, -0.15) is 0 Å². The number of alkyl carbamates (subject to hydrolysis) is 1. The van der Waals surface area contributed by atoms with Crippen molar-refractivity contribution in [3.05, 3.63) is 59.7 Å². The number of carbonyl (C=O) groups is 3. The Hall–Kier alpha value is -3.39. The van der Waals surface area contributed by atoms with Crippen LogP contribution in [0.1, 0.15) is 50.2 Å². The highest BCUT2D eigenvalue weighted by Gasteiger charge is 2.38. The Morgan fingerprint density at radius 2 is 1.60 bits per heavy atom. The summed E-state index contributed by atoms with van der Waals surface area (Å²) < 4.78 is 11.1. The number of aliphatic carboxylic acids is 1. The lowest BCUT2D eigenvalue weighted by molar-refractivity contribution is -0.143. The summed E-state index contributed by atoms with van der Waals surface area (Å²) in [5.74, 6) is -1.84. The number of hydrogen-bond donors (Lipinski definition) is 3. The third-order valence-electron chi connectivity index (χ3n) is 6.91. The van der Waals surface area contributed by atoms with Crippen molar-refractivity contribution < 1.29 is 29.0 Å². The summed E-state index contributed by atoms with van der Waals surface area (Å²) in [6.07, 6.45) is 0.227. The summed E-state index contributed by atoms with van der Waals surface area (Å²) in [5, 5.41) is 14.9. The predicted octanol–water partition coefficient (Wildman–Crippen LogP) is 3.69. The quantitative estimate of drug-likeness (QED) is 0.531. The van der Waals surface area contributed by atoms with Crippen molar-refractivity contribution >= 4 is 18.0 Å². The summed E-state index contributed by atoms with van der Waals surface area (Å²) in [5.41, 5.74) is 3.68. The van der Waals surface area contributed by atoms with Crippen molar-refractivity contribution in [1.82, 2.24) is 10.6 Å². The van der Waals surface area contributed by atoms with Gasteiger partial charge in [-0.15, -0.1) is 0 Å². The first-order chi connectivity index (χ1) is 16.8. The summed E-state index contributed by atoms with van der Waals surface area (Å²) in [4.78, 5) is 37.2. The Morgan fingerprint density at radius 1 is 1.03 bits per heavy atom. The second kappa shape index (κ2) is 10.5. The Morgan fingerprint density at radius 3 is 2.14 bits per heavy atom. The highest BCUT2D eigenvalue weighted by atomic mass is 16.5. The standard InChI is InChI=1S/C27H32N2O6/c1-17(2)24(25(31)32)28-23(30)15-27(11-13-34-14-12-27)29-26(33)35-16-22-20-9-5-3-7-18(20)19-8-4-6-10-21(19)22/h3-10,17,22,24H,11-16H2,1-2H3,(H,28,30)(H,29,33)(H,31,32). The summed E-state index contributed by atoms with van der Waals surface area (Å²) >= 11 is 0. The Labute approximate surface area is 205 Å². The number of carbonyl (C=O) groups excluding carboxylic acids is 2. The first kappa shape index (κ1) is 24.7. The lowest BCUT2D eigenvalue weighted by Crippen LogP contribution is -2.56. The van der Waals surface area contributed by atoms with E-state index in [0.717, 1.165) is 22.3 Å². The van der Waals surface area contributed by atoms with Crippen molar-refractivity contribution in [2.45, 2.75) is 50.6 Å². The number of ether oxygens (including phenoxy) is 2. The molecule has 0 spiro atoms. The minimum absolute atomic E-state index is 0.0446. The first-order valence-electron chi connectivity index (χ1n) is 12.0. The van der Waals surface area contributed by atoms with E-state index in [0.29, 0.717) is 26.1 Å². The van der Waals surface area contributed by atoms with Gasteiger partial charge in [-0.1, -0.05) is 62.4 Å². The monoisotopic (exact) mass is 480 g/mol. The van der Waals surface area contributed by atoms with Crippen LogP contribution in [0.2, 0.25) is 0 Å². The van der Waals surface area contributed by atoms with Gasteiger partial charge in [-0.3, -0.25) is 4.79 Å². The van der Waals surface area contributed by atoms with Crippen LogP contribution < -0.4 is 10.6 Å². The molecule has 1 fully saturated rings. The van der Waals surface area contributed by atoms with Gasteiger partial charge in [0.25, 0.3) is 0 Å². The molecule has 0 saturated carbocycles. The van der Waals surface area contributed by atoms with Gasteiger partial charge >= 0.3 is 12.1 Å². The molecule has 1 atom stereocenters. The zero-order valence-corrected chi connectivity index (χ0v) is 20.1. The highest BCUT2D eigenvalue weighted by Crippen LogP contribution is 2.44. The first-order valence-corrected chi connectivity index (χ1v) is 12.0. The zero-order chi connectivity index (χ0) is 25.0. The minimum Gasteiger partial charge on any atom is -0.480 e. The fourth-order valence-corrected chi connectivity index (χ4v) is 5.00. The molecule has 2 amide bonds. The lowest BCUT2D eigenvalue weighted by atomic mass is 9.86. The van der Waals surface area contributed by atoms with Crippen LogP contribution in [0.4, 0.5) is 4.79 Å². The van der Waals surface area contributed by atoms with E-state index in [1.165, 1.54) is 0 Å². The molecule has 3 N–H and O–H groups in total. The van der Waals surface area contributed by atoms with Gasteiger partial charge in [0.2, 0.25) is 5.91 Å². The SMILES string of the molecule is CC(C)C(NC(=O)CC1(NC(=O)OCC2c3ccccc3-c3ccccc32)CCOCC1)C(=O)O. The largest absolute Gasteiger partial charge is 0.480 e. The van der Waals surface area contributed by atoms with Crippen molar-refractivity contribution in [2.24, 2.45) is 5.92 Å². The number of benzene rings is 2. The Kier molecular flexibility index (Phi) is 7.40. The maximum Gasteiger partial charge on any atom is 0.407 e.